The Balaban J connectivity index is 2.81. The number of rotatable bonds is 1. The summed E-state index contributed by atoms with van der Waals surface area (Å²) in [6, 6.07) is 0. The third-order valence-corrected chi connectivity index (χ3v) is 1.71. The second-order valence-corrected chi connectivity index (χ2v) is 2.63. The molecule has 0 aliphatic carbocycles. The number of fused-ring (bicyclic) bond motifs is 1. The second-order valence-electron chi connectivity index (χ2n) is 2.63. The van der Waals surface area contributed by atoms with E-state index >= 15 is 0 Å². The Bertz CT molecular complexity index is 534. The average Bonchev–Trinajstić information content (AvgIpc) is 2.49. The first-order valence-electron chi connectivity index (χ1n) is 3.72. The molecular weight excluding hydrogens is 184 g/mol. The highest BCUT2D eigenvalue weighted by atomic mass is 15.2. The van der Waals surface area contributed by atoms with E-state index in [9.17, 15) is 0 Å². The summed E-state index contributed by atoms with van der Waals surface area (Å²) in [5, 5.41) is 3.28. The van der Waals surface area contributed by atoms with Gasteiger partial charge in [-0.05, 0) is 10.6 Å². The van der Waals surface area contributed by atoms with Crippen molar-refractivity contribution in [1.29, 1.82) is 0 Å². The second kappa shape index (κ2) is 2.86. The van der Waals surface area contributed by atoms with Gasteiger partial charge in [-0.25, -0.2) is 15.0 Å². The van der Waals surface area contributed by atoms with Crippen molar-refractivity contribution in [1.82, 2.24) is 19.5 Å². The molecule has 70 valence electrons. The summed E-state index contributed by atoms with van der Waals surface area (Å²) >= 11 is 0. The Morgan fingerprint density at radius 2 is 2.36 bits per heavy atom. The lowest BCUT2D eigenvalue weighted by Gasteiger charge is -1.97. The van der Waals surface area contributed by atoms with Crippen molar-refractivity contribution >= 4 is 22.9 Å². The largest absolute Gasteiger partial charge is 0.382 e. The molecule has 0 aliphatic heterocycles. The minimum absolute atomic E-state index is 0.00102. The van der Waals surface area contributed by atoms with Gasteiger partial charge in [0.05, 0.1) is 6.33 Å². The van der Waals surface area contributed by atoms with Crippen LogP contribution in [0.1, 0.15) is 0 Å². The first-order chi connectivity index (χ1) is 6.72. The van der Waals surface area contributed by atoms with Gasteiger partial charge in [-0.1, -0.05) is 0 Å². The normalized spacial score (nSPS) is 10.1. The van der Waals surface area contributed by atoms with Crippen LogP contribution in [0.25, 0.3) is 21.6 Å². The van der Waals surface area contributed by atoms with Crippen LogP contribution in [0, 0.1) is 0 Å². The van der Waals surface area contributed by atoms with Crippen LogP contribution < -0.4 is 5.73 Å². The molecule has 0 fully saturated rings. The van der Waals surface area contributed by atoms with Crippen LogP contribution in [0.5, 0.6) is 0 Å². The number of nitrogen functional groups attached to an aromatic ring is 1. The lowest BCUT2D eigenvalue weighted by atomic mass is 10.5. The lowest BCUT2D eigenvalue weighted by molar-refractivity contribution is 0.927. The number of nitrogens with zero attached hydrogens (tertiary/aromatic N) is 7. The zero-order valence-corrected chi connectivity index (χ0v) is 7.29. The van der Waals surface area contributed by atoms with Crippen molar-refractivity contribution in [3.05, 3.63) is 16.8 Å². The predicted molar refractivity (Wildman–Crippen MR) is 49.5 cm³/mol. The van der Waals surface area contributed by atoms with E-state index in [0.29, 0.717) is 11.2 Å². The van der Waals surface area contributed by atoms with Gasteiger partial charge in [0.25, 0.3) is 0 Å². The van der Waals surface area contributed by atoms with Gasteiger partial charge < -0.3 is 10.3 Å². The van der Waals surface area contributed by atoms with Crippen LogP contribution in [0.4, 0.5) is 11.8 Å². The first kappa shape index (κ1) is 8.27. The molecule has 0 atom stereocenters. The van der Waals surface area contributed by atoms with Crippen molar-refractivity contribution < 1.29 is 0 Å². The SMILES string of the molecule is Cn1cnc2c(N)nc(N=[N+]=[N-])nc21. The summed E-state index contributed by atoms with van der Waals surface area (Å²) in [7, 11) is 1.77. The maximum atomic E-state index is 8.22. The third-order valence-electron chi connectivity index (χ3n) is 1.71. The maximum absolute atomic E-state index is 8.22. The molecule has 0 spiro atoms. The summed E-state index contributed by atoms with van der Waals surface area (Å²) in [6.45, 7) is 0. The summed E-state index contributed by atoms with van der Waals surface area (Å²) in [5.41, 5.74) is 14.9. The monoisotopic (exact) mass is 190 g/mol. The van der Waals surface area contributed by atoms with Crippen molar-refractivity contribution in [3.8, 4) is 0 Å². The summed E-state index contributed by atoms with van der Waals surface area (Å²) in [4.78, 5) is 14.3. The van der Waals surface area contributed by atoms with Gasteiger partial charge in [0.2, 0.25) is 5.95 Å². The molecule has 8 nitrogen and oxygen atoms in total. The average molecular weight is 190 g/mol. The number of aryl methyl sites for hydroxylation is 1. The van der Waals surface area contributed by atoms with Crippen LogP contribution in [-0.2, 0) is 7.05 Å². The number of hydrogen-bond donors (Lipinski definition) is 1. The van der Waals surface area contributed by atoms with Gasteiger partial charge in [0.15, 0.2) is 11.5 Å². The molecule has 0 aliphatic rings. The molecule has 0 bridgehead atoms. The summed E-state index contributed by atoms with van der Waals surface area (Å²) in [5.74, 6) is 0.208. The van der Waals surface area contributed by atoms with Gasteiger partial charge in [0.1, 0.15) is 5.52 Å². The Morgan fingerprint density at radius 3 is 3.07 bits per heavy atom. The molecule has 0 amide bonds. The molecule has 2 rings (SSSR count). The summed E-state index contributed by atoms with van der Waals surface area (Å²) < 4.78 is 1.67. The van der Waals surface area contributed by atoms with E-state index in [1.165, 1.54) is 0 Å². The van der Waals surface area contributed by atoms with E-state index < -0.39 is 0 Å². The number of anilines is 1. The topological polar surface area (TPSA) is 118 Å². The Hall–Kier alpha value is -2.34. The van der Waals surface area contributed by atoms with Gasteiger partial charge in [-0.3, -0.25) is 0 Å². The third kappa shape index (κ3) is 1.10. The van der Waals surface area contributed by atoms with Crippen LogP contribution in [-0.4, -0.2) is 19.5 Å². The van der Waals surface area contributed by atoms with Crippen LogP contribution in [0.2, 0.25) is 0 Å². The zero-order valence-electron chi connectivity index (χ0n) is 7.29. The zero-order chi connectivity index (χ0) is 10.1. The van der Waals surface area contributed by atoms with Crippen molar-refractivity contribution in [2.45, 2.75) is 0 Å². The molecule has 2 aromatic rings. The molecule has 0 aromatic carbocycles. The molecule has 0 saturated carbocycles. The van der Waals surface area contributed by atoms with Gasteiger partial charge in [-0.2, -0.15) is 0 Å². The fourth-order valence-electron chi connectivity index (χ4n) is 1.10. The Labute approximate surface area is 78.0 Å². The van der Waals surface area contributed by atoms with Crippen LogP contribution >= 0.6 is 0 Å². The number of nitrogens with two attached hydrogens (primary N) is 1. The van der Waals surface area contributed by atoms with E-state index in [2.05, 4.69) is 25.0 Å². The minimum atomic E-state index is 0.00102. The number of azide groups is 1. The maximum Gasteiger partial charge on any atom is 0.220 e. The predicted octanol–water partition coefficient (Wildman–Crippen LogP) is 0.887. The van der Waals surface area contributed by atoms with Crippen molar-refractivity contribution in [2.24, 2.45) is 12.2 Å². The highest BCUT2D eigenvalue weighted by molar-refractivity contribution is 5.82. The molecular formula is C6H6N8. The molecule has 0 unspecified atom stereocenters. The number of hydrogen-bond acceptors (Lipinski definition) is 5. The molecule has 2 aromatic heterocycles. The Morgan fingerprint density at radius 1 is 1.57 bits per heavy atom. The fourth-order valence-corrected chi connectivity index (χ4v) is 1.10. The van der Waals surface area contributed by atoms with Crippen LogP contribution in [0.3, 0.4) is 0 Å². The van der Waals surface area contributed by atoms with Gasteiger partial charge in [-0.15, -0.1) is 0 Å². The van der Waals surface area contributed by atoms with E-state index in [-0.39, 0.29) is 11.8 Å². The Kier molecular flexibility index (Phi) is 1.69. The highest BCUT2D eigenvalue weighted by Crippen LogP contribution is 2.18. The van der Waals surface area contributed by atoms with E-state index in [4.69, 9.17) is 11.3 Å². The van der Waals surface area contributed by atoms with Crippen molar-refractivity contribution in [2.75, 3.05) is 5.73 Å². The van der Waals surface area contributed by atoms with Crippen LogP contribution in [0.15, 0.2) is 11.4 Å². The highest BCUT2D eigenvalue weighted by Gasteiger charge is 2.07. The molecule has 0 radical (unpaired) electrons. The number of aromatic nitrogens is 4. The quantitative estimate of drug-likeness (QED) is 0.407. The molecule has 0 saturated heterocycles. The molecule has 2 N–H and O–H groups in total. The lowest BCUT2D eigenvalue weighted by Crippen LogP contribution is -1.95. The van der Waals surface area contributed by atoms with E-state index in [1.54, 1.807) is 17.9 Å². The summed E-state index contributed by atoms with van der Waals surface area (Å²) in [6.07, 6.45) is 1.57. The van der Waals surface area contributed by atoms with E-state index in [1.807, 2.05) is 0 Å². The molecule has 8 heteroatoms. The smallest absolute Gasteiger partial charge is 0.220 e. The molecule has 14 heavy (non-hydrogen) atoms. The van der Waals surface area contributed by atoms with Gasteiger partial charge in [0, 0.05) is 12.0 Å². The molecule has 2 heterocycles. The standard InChI is InChI=1S/C6H6N8/c1-14-2-9-3-4(7)10-6(12-13-8)11-5(3)14/h2H,1H3,(H2,7,10,11). The number of imidazole rings is 1. The van der Waals surface area contributed by atoms with E-state index in [0.717, 1.165) is 0 Å². The minimum Gasteiger partial charge on any atom is -0.382 e. The fraction of sp³-hybridized carbons (Fsp3) is 0.167. The van der Waals surface area contributed by atoms with Crippen molar-refractivity contribution in [3.63, 3.8) is 0 Å². The van der Waals surface area contributed by atoms with Gasteiger partial charge >= 0.3 is 0 Å². The first-order valence-corrected chi connectivity index (χ1v) is 3.72.